The molecule has 2 aromatic rings. The summed E-state index contributed by atoms with van der Waals surface area (Å²) in [6.45, 7) is 8.68. The molecule has 0 spiro atoms. The summed E-state index contributed by atoms with van der Waals surface area (Å²) in [5, 5.41) is 8.25. The highest BCUT2D eigenvalue weighted by molar-refractivity contribution is 5.93. The number of hydrogen-bond acceptors (Lipinski definition) is 4. The Morgan fingerprint density at radius 3 is 2.60 bits per heavy atom. The van der Waals surface area contributed by atoms with Gasteiger partial charge in [0.1, 0.15) is 5.75 Å². The Kier molecular flexibility index (Phi) is 7.99. The summed E-state index contributed by atoms with van der Waals surface area (Å²) in [4.78, 5) is 4.56. The van der Waals surface area contributed by atoms with Crippen LogP contribution in [0.1, 0.15) is 51.5 Å². The summed E-state index contributed by atoms with van der Waals surface area (Å²) < 4.78 is 5.44. The fourth-order valence-electron chi connectivity index (χ4n) is 2.93. The average molecular weight is 344 g/mol. The van der Waals surface area contributed by atoms with E-state index in [1.807, 2.05) is 18.3 Å². The van der Waals surface area contributed by atoms with E-state index in [9.17, 15) is 0 Å². The zero-order chi connectivity index (χ0) is 18.1. The summed E-state index contributed by atoms with van der Waals surface area (Å²) >= 11 is 0. The van der Waals surface area contributed by atoms with Crippen molar-refractivity contribution < 1.29 is 4.74 Å². The minimum Gasteiger partial charge on any atom is -0.497 e. The quantitative estimate of drug-likeness (QED) is 0.569. The van der Waals surface area contributed by atoms with Crippen molar-refractivity contribution >= 4 is 16.6 Å². The summed E-state index contributed by atoms with van der Waals surface area (Å²) in [5.41, 5.74) is 3.32. The van der Waals surface area contributed by atoms with Crippen LogP contribution >= 0.6 is 0 Å². The number of ether oxygens (including phenoxy) is 1. The molecular weight excluding hydrogens is 310 g/mol. The molecule has 0 saturated carbocycles. The van der Waals surface area contributed by atoms with Gasteiger partial charge in [0.05, 0.1) is 18.3 Å². The SMILES string of the molecule is CCC(C)NCCCCCCNc1cc(OC)cc2c(C)ccnc12. The number of benzene rings is 1. The van der Waals surface area contributed by atoms with Crippen LogP contribution in [0.15, 0.2) is 24.4 Å². The normalized spacial score (nSPS) is 12.3. The van der Waals surface area contributed by atoms with E-state index in [0.717, 1.165) is 35.4 Å². The standard InChI is InChI=1S/C21H33N3O/c1-5-17(3)22-11-8-6-7-9-12-23-20-15-18(25-4)14-19-16(2)10-13-24-21(19)20/h10,13-15,17,22-23H,5-9,11-12H2,1-4H3. The van der Waals surface area contributed by atoms with E-state index >= 15 is 0 Å². The first-order valence-corrected chi connectivity index (χ1v) is 9.56. The highest BCUT2D eigenvalue weighted by Crippen LogP contribution is 2.29. The Labute approximate surface area is 152 Å². The fourth-order valence-corrected chi connectivity index (χ4v) is 2.93. The molecule has 2 rings (SSSR count). The largest absolute Gasteiger partial charge is 0.497 e. The van der Waals surface area contributed by atoms with Crippen LogP contribution in [-0.4, -0.2) is 31.2 Å². The van der Waals surface area contributed by atoms with Gasteiger partial charge in [-0.05, 0) is 57.4 Å². The molecule has 0 bridgehead atoms. The third-order valence-electron chi connectivity index (χ3n) is 4.80. The van der Waals surface area contributed by atoms with Crippen molar-refractivity contribution in [2.75, 3.05) is 25.5 Å². The number of pyridine rings is 1. The second kappa shape index (κ2) is 10.2. The number of aromatic nitrogens is 1. The Morgan fingerprint density at radius 1 is 1.12 bits per heavy atom. The van der Waals surface area contributed by atoms with Crippen molar-refractivity contribution in [3.63, 3.8) is 0 Å². The molecule has 0 aliphatic heterocycles. The lowest BCUT2D eigenvalue weighted by atomic mass is 10.1. The molecule has 138 valence electrons. The van der Waals surface area contributed by atoms with E-state index in [0.29, 0.717) is 6.04 Å². The molecule has 0 aliphatic carbocycles. The molecule has 0 aliphatic rings. The van der Waals surface area contributed by atoms with Crippen molar-refractivity contribution in [2.45, 2.75) is 58.9 Å². The average Bonchev–Trinajstić information content (AvgIpc) is 2.63. The van der Waals surface area contributed by atoms with Crippen LogP contribution in [0.5, 0.6) is 5.75 Å². The van der Waals surface area contributed by atoms with Gasteiger partial charge in [-0.2, -0.15) is 0 Å². The number of nitrogens with one attached hydrogen (secondary N) is 2. The second-order valence-corrected chi connectivity index (χ2v) is 6.80. The van der Waals surface area contributed by atoms with Crippen LogP contribution in [0.25, 0.3) is 10.9 Å². The molecule has 1 aromatic heterocycles. The number of nitrogens with zero attached hydrogens (tertiary/aromatic N) is 1. The molecule has 0 saturated heterocycles. The van der Waals surface area contributed by atoms with Crippen LogP contribution in [-0.2, 0) is 0 Å². The Hall–Kier alpha value is -1.81. The van der Waals surface area contributed by atoms with E-state index in [4.69, 9.17) is 4.74 Å². The summed E-state index contributed by atoms with van der Waals surface area (Å²) in [6, 6.07) is 6.79. The first kappa shape index (κ1) is 19.5. The lowest BCUT2D eigenvalue weighted by Gasteiger charge is -2.13. The third-order valence-corrected chi connectivity index (χ3v) is 4.80. The zero-order valence-electron chi connectivity index (χ0n) is 16.2. The van der Waals surface area contributed by atoms with Gasteiger partial charge in [-0.3, -0.25) is 4.98 Å². The highest BCUT2D eigenvalue weighted by Gasteiger charge is 2.07. The maximum atomic E-state index is 5.44. The number of anilines is 1. The second-order valence-electron chi connectivity index (χ2n) is 6.80. The van der Waals surface area contributed by atoms with Gasteiger partial charge < -0.3 is 15.4 Å². The molecule has 4 heteroatoms. The lowest BCUT2D eigenvalue weighted by Crippen LogP contribution is -2.25. The van der Waals surface area contributed by atoms with Gasteiger partial charge in [0, 0.05) is 30.2 Å². The number of fused-ring (bicyclic) bond motifs is 1. The first-order chi connectivity index (χ1) is 12.2. The molecule has 0 fully saturated rings. The molecule has 0 amide bonds. The van der Waals surface area contributed by atoms with Gasteiger partial charge in [0.15, 0.2) is 0 Å². The summed E-state index contributed by atoms with van der Waals surface area (Å²) in [7, 11) is 1.71. The molecule has 1 atom stereocenters. The highest BCUT2D eigenvalue weighted by atomic mass is 16.5. The molecule has 1 unspecified atom stereocenters. The predicted molar refractivity (Wildman–Crippen MR) is 108 cm³/mol. The monoisotopic (exact) mass is 343 g/mol. The van der Waals surface area contributed by atoms with E-state index in [-0.39, 0.29) is 0 Å². The molecule has 25 heavy (non-hydrogen) atoms. The van der Waals surface area contributed by atoms with Gasteiger partial charge in [-0.1, -0.05) is 19.8 Å². The minimum absolute atomic E-state index is 0.638. The van der Waals surface area contributed by atoms with Gasteiger partial charge in [-0.15, -0.1) is 0 Å². The van der Waals surface area contributed by atoms with E-state index in [1.165, 1.54) is 37.7 Å². The minimum atomic E-state index is 0.638. The van der Waals surface area contributed by atoms with Crippen molar-refractivity contribution in [3.05, 3.63) is 30.0 Å². The predicted octanol–water partition coefficient (Wildman–Crippen LogP) is 4.91. The van der Waals surface area contributed by atoms with Crippen molar-refractivity contribution in [1.82, 2.24) is 10.3 Å². The topological polar surface area (TPSA) is 46.2 Å². The number of aryl methyl sites for hydroxylation is 1. The van der Waals surface area contributed by atoms with Crippen molar-refractivity contribution in [2.24, 2.45) is 0 Å². The number of methoxy groups -OCH3 is 1. The summed E-state index contributed by atoms with van der Waals surface area (Å²) in [5.74, 6) is 0.877. The van der Waals surface area contributed by atoms with E-state index in [1.54, 1.807) is 7.11 Å². The van der Waals surface area contributed by atoms with Crippen molar-refractivity contribution in [1.29, 1.82) is 0 Å². The maximum absolute atomic E-state index is 5.44. The van der Waals surface area contributed by atoms with Crippen LogP contribution in [0.4, 0.5) is 5.69 Å². The number of hydrogen-bond donors (Lipinski definition) is 2. The van der Waals surface area contributed by atoms with Crippen LogP contribution in [0.3, 0.4) is 0 Å². The zero-order valence-corrected chi connectivity index (χ0v) is 16.2. The molecule has 1 aromatic carbocycles. The van der Waals surface area contributed by atoms with Crippen molar-refractivity contribution in [3.8, 4) is 5.75 Å². The Bertz CT molecular complexity index is 657. The van der Waals surface area contributed by atoms with Gasteiger partial charge in [0.2, 0.25) is 0 Å². The number of rotatable bonds is 11. The Balaban J connectivity index is 1.80. The Morgan fingerprint density at radius 2 is 1.88 bits per heavy atom. The lowest BCUT2D eigenvalue weighted by molar-refractivity contribution is 0.415. The smallest absolute Gasteiger partial charge is 0.121 e. The van der Waals surface area contributed by atoms with Gasteiger partial charge >= 0.3 is 0 Å². The molecule has 1 heterocycles. The molecular formula is C21H33N3O. The van der Waals surface area contributed by atoms with Crippen LogP contribution in [0.2, 0.25) is 0 Å². The third kappa shape index (κ3) is 5.89. The van der Waals surface area contributed by atoms with E-state index < -0.39 is 0 Å². The van der Waals surface area contributed by atoms with E-state index in [2.05, 4.69) is 42.5 Å². The number of unbranched alkanes of at least 4 members (excludes halogenated alkanes) is 3. The molecule has 4 nitrogen and oxygen atoms in total. The van der Waals surface area contributed by atoms with Crippen LogP contribution < -0.4 is 15.4 Å². The van der Waals surface area contributed by atoms with Crippen LogP contribution in [0, 0.1) is 6.92 Å². The van der Waals surface area contributed by atoms with Gasteiger partial charge in [0.25, 0.3) is 0 Å². The summed E-state index contributed by atoms with van der Waals surface area (Å²) in [6.07, 6.45) is 8.04. The fraction of sp³-hybridized carbons (Fsp3) is 0.571. The van der Waals surface area contributed by atoms with Gasteiger partial charge in [-0.25, -0.2) is 0 Å². The first-order valence-electron chi connectivity index (χ1n) is 9.56. The molecule has 0 radical (unpaired) electrons. The molecule has 2 N–H and O–H groups in total. The maximum Gasteiger partial charge on any atom is 0.121 e.